The van der Waals surface area contributed by atoms with Crippen LogP contribution in [-0.2, 0) is 6.54 Å². The normalized spacial score (nSPS) is 16.9. The first kappa shape index (κ1) is 17.3. The van der Waals surface area contributed by atoms with Crippen LogP contribution in [0.3, 0.4) is 0 Å². The maximum absolute atomic E-state index is 5.60. The molecule has 1 atom stereocenters. The van der Waals surface area contributed by atoms with Crippen molar-refractivity contribution in [1.29, 1.82) is 0 Å². The van der Waals surface area contributed by atoms with Crippen LogP contribution in [0.5, 0.6) is 5.75 Å². The van der Waals surface area contributed by atoms with E-state index >= 15 is 0 Å². The Morgan fingerprint density at radius 1 is 1.12 bits per heavy atom. The Balaban J connectivity index is 1.67. The summed E-state index contributed by atoms with van der Waals surface area (Å²) in [5.41, 5.74) is 2.59. The molecule has 1 saturated heterocycles. The van der Waals surface area contributed by atoms with Crippen molar-refractivity contribution in [2.45, 2.75) is 19.5 Å². The third kappa shape index (κ3) is 4.09. The summed E-state index contributed by atoms with van der Waals surface area (Å²) in [6, 6.07) is 19.1. The molecule has 0 aromatic heterocycles. The Morgan fingerprint density at radius 3 is 2.50 bits per heavy atom. The molecule has 3 rings (SSSR count). The minimum atomic E-state index is 0.282. The molecule has 1 heterocycles. The molecular formula is C19H22N2OS2. The molecule has 1 unspecified atom stereocenters. The number of benzene rings is 2. The molecule has 2 aromatic carbocycles. The Kier molecular flexibility index (Phi) is 5.76. The van der Waals surface area contributed by atoms with Gasteiger partial charge in [0.15, 0.2) is 0 Å². The van der Waals surface area contributed by atoms with Gasteiger partial charge in [-0.3, -0.25) is 4.90 Å². The summed E-state index contributed by atoms with van der Waals surface area (Å²) in [5, 5.41) is 0. The number of rotatable bonds is 5. The van der Waals surface area contributed by atoms with Gasteiger partial charge in [0, 0.05) is 6.54 Å². The molecule has 0 bridgehead atoms. The first-order valence-electron chi connectivity index (χ1n) is 8.01. The number of thiocarbonyl (C=S) groups is 1. The van der Waals surface area contributed by atoms with Crippen LogP contribution in [0.25, 0.3) is 0 Å². The van der Waals surface area contributed by atoms with Crippen molar-refractivity contribution in [3.8, 4) is 5.75 Å². The van der Waals surface area contributed by atoms with Gasteiger partial charge in [-0.15, -0.1) is 0 Å². The summed E-state index contributed by atoms with van der Waals surface area (Å²) in [5.74, 6) is 1.83. The summed E-state index contributed by atoms with van der Waals surface area (Å²) in [7, 11) is 1.69. The molecular weight excluding hydrogens is 336 g/mol. The van der Waals surface area contributed by atoms with Crippen LogP contribution in [0.4, 0.5) is 0 Å². The standard InChI is InChI=1S/C19H22N2OS2/c1-15(17-6-4-3-5-7-17)21-13-20(14-24-19(21)23)12-16-8-10-18(22-2)11-9-16/h3-11,15H,12-14H2,1-2H3. The second-order valence-corrected chi connectivity index (χ2v) is 7.49. The average Bonchev–Trinajstić information content (AvgIpc) is 2.64. The molecule has 2 aromatic rings. The topological polar surface area (TPSA) is 15.7 Å². The number of methoxy groups -OCH3 is 1. The lowest BCUT2D eigenvalue weighted by Gasteiger charge is -2.40. The molecule has 5 heteroatoms. The second-order valence-electron chi connectivity index (χ2n) is 5.91. The van der Waals surface area contributed by atoms with E-state index in [2.05, 4.69) is 59.2 Å². The van der Waals surface area contributed by atoms with Gasteiger partial charge in [-0.2, -0.15) is 0 Å². The van der Waals surface area contributed by atoms with E-state index in [9.17, 15) is 0 Å². The summed E-state index contributed by atoms with van der Waals surface area (Å²) in [6.45, 7) is 3.99. The third-order valence-electron chi connectivity index (χ3n) is 4.27. The zero-order chi connectivity index (χ0) is 16.9. The zero-order valence-corrected chi connectivity index (χ0v) is 15.6. The van der Waals surface area contributed by atoms with E-state index in [0.29, 0.717) is 0 Å². The minimum Gasteiger partial charge on any atom is -0.497 e. The molecule has 1 aliphatic rings. The molecule has 3 nitrogen and oxygen atoms in total. The van der Waals surface area contributed by atoms with E-state index in [4.69, 9.17) is 17.0 Å². The third-order valence-corrected chi connectivity index (χ3v) is 5.84. The number of hydrogen-bond donors (Lipinski definition) is 0. The molecule has 1 fully saturated rings. The lowest BCUT2D eigenvalue weighted by Crippen LogP contribution is -2.45. The van der Waals surface area contributed by atoms with Gasteiger partial charge >= 0.3 is 0 Å². The molecule has 0 saturated carbocycles. The van der Waals surface area contributed by atoms with Crippen LogP contribution in [-0.4, -0.2) is 33.8 Å². The van der Waals surface area contributed by atoms with Crippen LogP contribution in [0.15, 0.2) is 54.6 Å². The van der Waals surface area contributed by atoms with Crippen molar-refractivity contribution in [2.24, 2.45) is 0 Å². The molecule has 0 spiro atoms. The van der Waals surface area contributed by atoms with Gasteiger partial charge in [0.25, 0.3) is 0 Å². The van der Waals surface area contributed by atoms with Gasteiger partial charge in [0.1, 0.15) is 10.1 Å². The fraction of sp³-hybridized carbons (Fsp3) is 0.316. The zero-order valence-electron chi connectivity index (χ0n) is 14.0. The Labute approximate surface area is 153 Å². The Hall–Kier alpha value is -1.56. The van der Waals surface area contributed by atoms with Crippen LogP contribution >= 0.6 is 24.0 Å². The Morgan fingerprint density at radius 2 is 1.83 bits per heavy atom. The van der Waals surface area contributed by atoms with Crippen molar-refractivity contribution in [3.63, 3.8) is 0 Å². The fourth-order valence-electron chi connectivity index (χ4n) is 2.82. The SMILES string of the molecule is COc1ccc(CN2CSC(=S)N(C(C)c3ccccc3)C2)cc1. The van der Waals surface area contributed by atoms with Crippen LogP contribution in [0.2, 0.25) is 0 Å². The van der Waals surface area contributed by atoms with Crippen LogP contribution in [0, 0.1) is 0 Å². The van der Waals surface area contributed by atoms with Gasteiger partial charge in [0.05, 0.1) is 25.7 Å². The first-order chi connectivity index (χ1) is 11.7. The molecule has 0 aliphatic carbocycles. The highest BCUT2D eigenvalue weighted by molar-refractivity contribution is 8.22. The molecule has 0 radical (unpaired) electrons. The molecule has 0 N–H and O–H groups in total. The number of nitrogens with zero attached hydrogens (tertiary/aromatic N) is 2. The first-order valence-corrected chi connectivity index (χ1v) is 9.40. The summed E-state index contributed by atoms with van der Waals surface area (Å²) < 4.78 is 6.21. The van der Waals surface area contributed by atoms with E-state index in [0.717, 1.165) is 29.2 Å². The molecule has 24 heavy (non-hydrogen) atoms. The van der Waals surface area contributed by atoms with Gasteiger partial charge in [-0.05, 0) is 30.2 Å². The summed E-state index contributed by atoms with van der Waals surface area (Å²) in [6.07, 6.45) is 0. The highest BCUT2D eigenvalue weighted by atomic mass is 32.2. The fourth-order valence-corrected chi connectivity index (χ4v) is 4.04. The molecule has 0 amide bonds. The largest absolute Gasteiger partial charge is 0.497 e. The van der Waals surface area contributed by atoms with E-state index in [1.54, 1.807) is 18.9 Å². The van der Waals surface area contributed by atoms with Gasteiger partial charge in [-0.25, -0.2) is 0 Å². The lowest BCUT2D eigenvalue weighted by atomic mass is 10.1. The quantitative estimate of drug-likeness (QED) is 0.729. The lowest BCUT2D eigenvalue weighted by molar-refractivity contribution is 0.176. The van der Waals surface area contributed by atoms with E-state index in [-0.39, 0.29) is 6.04 Å². The number of hydrogen-bond acceptors (Lipinski definition) is 4. The Bertz CT molecular complexity index is 676. The predicted molar refractivity (Wildman–Crippen MR) is 105 cm³/mol. The summed E-state index contributed by atoms with van der Waals surface area (Å²) >= 11 is 7.34. The monoisotopic (exact) mass is 358 g/mol. The van der Waals surface area contributed by atoms with E-state index < -0.39 is 0 Å². The number of ether oxygens (including phenoxy) is 1. The highest BCUT2D eigenvalue weighted by Crippen LogP contribution is 2.29. The van der Waals surface area contributed by atoms with Crippen molar-refractivity contribution >= 4 is 28.3 Å². The van der Waals surface area contributed by atoms with Crippen LogP contribution in [0.1, 0.15) is 24.1 Å². The maximum Gasteiger partial charge on any atom is 0.139 e. The second kappa shape index (κ2) is 8.01. The maximum atomic E-state index is 5.60. The predicted octanol–water partition coefficient (Wildman–Crippen LogP) is 4.51. The van der Waals surface area contributed by atoms with Crippen molar-refractivity contribution in [2.75, 3.05) is 19.7 Å². The van der Waals surface area contributed by atoms with E-state index in [1.165, 1.54) is 11.1 Å². The van der Waals surface area contributed by atoms with E-state index in [1.807, 2.05) is 12.1 Å². The van der Waals surface area contributed by atoms with Crippen molar-refractivity contribution in [3.05, 3.63) is 65.7 Å². The number of thioether (sulfide) groups is 1. The molecule has 126 valence electrons. The minimum absolute atomic E-state index is 0.282. The van der Waals surface area contributed by atoms with Crippen molar-refractivity contribution in [1.82, 2.24) is 9.80 Å². The molecule has 1 aliphatic heterocycles. The van der Waals surface area contributed by atoms with Crippen molar-refractivity contribution < 1.29 is 4.74 Å². The van der Waals surface area contributed by atoms with Gasteiger partial charge in [0.2, 0.25) is 0 Å². The smallest absolute Gasteiger partial charge is 0.139 e. The van der Waals surface area contributed by atoms with Gasteiger partial charge in [-0.1, -0.05) is 66.4 Å². The van der Waals surface area contributed by atoms with Crippen LogP contribution < -0.4 is 4.74 Å². The average molecular weight is 359 g/mol. The highest BCUT2D eigenvalue weighted by Gasteiger charge is 2.26. The summed E-state index contributed by atoms with van der Waals surface area (Å²) in [4.78, 5) is 4.73. The van der Waals surface area contributed by atoms with Gasteiger partial charge < -0.3 is 9.64 Å².